The zero-order valence-electron chi connectivity index (χ0n) is 9.97. The first-order valence-corrected chi connectivity index (χ1v) is 5.87. The van der Waals surface area contributed by atoms with E-state index in [2.05, 4.69) is 10.3 Å². The van der Waals surface area contributed by atoms with E-state index in [1.54, 1.807) is 0 Å². The molecule has 0 bridgehead atoms. The van der Waals surface area contributed by atoms with Crippen molar-refractivity contribution in [3.8, 4) is 0 Å². The van der Waals surface area contributed by atoms with Crippen LogP contribution in [-0.2, 0) is 0 Å². The third-order valence-corrected chi connectivity index (χ3v) is 3.03. The molecule has 0 aromatic heterocycles. The van der Waals surface area contributed by atoms with Crippen molar-refractivity contribution in [1.82, 2.24) is 5.32 Å². The molecular weight excluding hydrogens is 212 g/mol. The van der Waals surface area contributed by atoms with E-state index < -0.39 is 5.92 Å². The van der Waals surface area contributed by atoms with Gasteiger partial charge in [-0.2, -0.15) is 0 Å². The average Bonchev–Trinajstić information content (AvgIpc) is 2.55. The van der Waals surface area contributed by atoms with Gasteiger partial charge in [-0.05, 0) is 25.7 Å². The summed E-state index contributed by atoms with van der Waals surface area (Å²) < 4.78 is 25.8. The van der Waals surface area contributed by atoms with Crippen LogP contribution in [0.2, 0.25) is 0 Å². The smallest absolute Gasteiger partial charge is 0.248 e. The summed E-state index contributed by atoms with van der Waals surface area (Å²) in [4.78, 5) is 4.11. The van der Waals surface area contributed by atoms with Gasteiger partial charge in [0.2, 0.25) is 5.92 Å². The first-order valence-electron chi connectivity index (χ1n) is 5.87. The monoisotopic (exact) mass is 233 g/mol. The summed E-state index contributed by atoms with van der Waals surface area (Å²) in [6.45, 7) is 4.46. The second-order valence-corrected chi connectivity index (χ2v) is 4.64. The molecule has 0 amide bonds. The maximum Gasteiger partial charge on any atom is 0.248 e. The summed E-state index contributed by atoms with van der Waals surface area (Å²) in [5, 5.41) is 3.01. The Hall–Kier alpha value is -0.870. The Balaban J connectivity index is 2.31. The summed E-state index contributed by atoms with van der Waals surface area (Å²) in [7, 11) is 0. The fraction of sp³-hybridized carbons (Fsp3) is 0.909. The third-order valence-electron chi connectivity index (χ3n) is 3.03. The Morgan fingerprint density at radius 1 is 1.62 bits per heavy atom. The first-order chi connectivity index (χ1) is 7.43. The first kappa shape index (κ1) is 13.2. The van der Waals surface area contributed by atoms with Gasteiger partial charge in [0.05, 0.1) is 0 Å². The molecule has 0 radical (unpaired) electrons. The van der Waals surface area contributed by atoms with Crippen LogP contribution in [0, 0.1) is 5.92 Å². The van der Waals surface area contributed by atoms with Gasteiger partial charge in [0, 0.05) is 25.4 Å². The van der Waals surface area contributed by atoms with E-state index in [9.17, 15) is 8.78 Å². The van der Waals surface area contributed by atoms with Crippen LogP contribution in [0.3, 0.4) is 0 Å². The Bertz CT molecular complexity index is 254. The van der Waals surface area contributed by atoms with Gasteiger partial charge in [0.25, 0.3) is 0 Å². The molecule has 5 heteroatoms. The number of halogens is 2. The van der Waals surface area contributed by atoms with Crippen LogP contribution in [0.4, 0.5) is 8.78 Å². The van der Waals surface area contributed by atoms with E-state index in [1.165, 1.54) is 0 Å². The van der Waals surface area contributed by atoms with Crippen molar-refractivity contribution in [2.24, 2.45) is 16.6 Å². The molecule has 3 nitrogen and oxygen atoms in total. The topological polar surface area (TPSA) is 50.4 Å². The van der Waals surface area contributed by atoms with Crippen molar-refractivity contribution in [3.63, 3.8) is 0 Å². The number of aliphatic imine (C=N–C) groups is 1. The zero-order chi connectivity index (χ0) is 12.2. The van der Waals surface area contributed by atoms with Gasteiger partial charge in [-0.1, -0.05) is 6.92 Å². The Morgan fingerprint density at radius 3 is 2.81 bits per heavy atom. The number of alkyl halides is 2. The summed E-state index contributed by atoms with van der Waals surface area (Å²) in [5.41, 5.74) is 5.65. The molecule has 0 heterocycles. The van der Waals surface area contributed by atoms with Crippen LogP contribution < -0.4 is 11.1 Å². The molecule has 2 unspecified atom stereocenters. The van der Waals surface area contributed by atoms with Crippen LogP contribution in [0.25, 0.3) is 0 Å². The quantitative estimate of drug-likeness (QED) is 0.577. The molecule has 16 heavy (non-hydrogen) atoms. The molecule has 0 aromatic rings. The molecule has 1 aliphatic rings. The summed E-state index contributed by atoms with van der Waals surface area (Å²) >= 11 is 0. The van der Waals surface area contributed by atoms with Gasteiger partial charge in [0.15, 0.2) is 5.96 Å². The standard InChI is InChI=1S/C11H21F2N3/c1-3-8(2)16-10(14)15-7-9-4-5-11(12,13)6-9/h8-9H,3-7H2,1-2H3,(H3,14,15,16). The van der Waals surface area contributed by atoms with Gasteiger partial charge in [-0.15, -0.1) is 0 Å². The van der Waals surface area contributed by atoms with Crippen molar-refractivity contribution < 1.29 is 8.78 Å². The Morgan fingerprint density at radius 2 is 2.31 bits per heavy atom. The molecule has 94 valence electrons. The van der Waals surface area contributed by atoms with Gasteiger partial charge in [-0.3, -0.25) is 4.99 Å². The molecule has 0 aliphatic heterocycles. The molecule has 3 N–H and O–H groups in total. The second-order valence-electron chi connectivity index (χ2n) is 4.64. The lowest BCUT2D eigenvalue weighted by molar-refractivity contribution is 0.00542. The predicted octanol–water partition coefficient (Wildman–Crippen LogP) is 2.12. The van der Waals surface area contributed by atoms with Crippen molar-refractivity contribution >= 4 is 5.96 Å². The lowest BCUT2D eigenvalue weighted by Crippen LogP contribution is -2.38. The van der Waals surface area contributed by atoms with Crippen LogP contribution >= 0.6 is 0 Å². The molecule has 1 aliphatic carbocycles. The minimum absolute atomic E-state index is 0.00805. The van der Waals surface area contributed by atoms with Gasteiger partial charge < -0.3 is 11.1 Å². The molecule has 2 atom stereocenters. The summed E-state index contributed by atoms with van der Waals surface area (Å²) in [6.07, 6.45) is 1.45. The highest BCUT2D eigenvalue weighted by Gasteiger charge is 2.39. The molecule has 1 fully saturated rings. The molecular formula is C11H21F2N3. The van der Waals surface area contributed by atoms with E-state index in [0.717, 1.165) is 6.42 Å². The normalized spacial score (nSPS) is 26.8. The van der Waals surface area contributed by atoms with Crippen LogP contribution in [0.5, 0.6) is 0 Å². The van der Waals surface area contributed by atoms with Crippen molar-refractivity contribution in [1.29, 1.82) is 0 Å². The average molecular weight is 233 g/mol. The minimum Gasteiger partial charge on any atom is -0.370 e. The van der Waals surface area contributed by atoms with Gasteiger partial charge >= 0.3 is 0 Å². The Kier molecular flexibility index (Phi) is 4.50. The number of nitrogens with zero attached hydrogens (tertiary/aromatic N) is 1. The maximum absolute atomic E-state index is 12.9. The molecule has 0 spiro atoms. The maximum atomic E-state index is 12.9. The highest BCUT2D eigenvalue weighted by molar-refractivity contribution is 5.78. The largest absolute Gasteiger partial charge is 0.370 e. The highest BCUT2D eigenvalue weighted by atomic mass is 19.3. The lowest BCUT2D eigenvalue weighted by Gasteiger charge is -2.13. The van der Waals surface area contributed by atoms with Crippen molar-refractivity contribution in [2.75, 3.05) is 6.54 Å². The van der Waals surface area contributed by atoms with Crippen LogP contribution in [0.15, 0.2) is 4.99 Å². The van der Waals surface area contributed by atoms with E-state index in [4.69, 9.17) is 5.73 Å². The van der Waals surface area contributed by atoms with E-state index in [1.807, 2.05) is 13.8 Å². The third kappa shape index (κ3) is 4.33. The van der Waals surface area contributed by atoms with Crippen molar-refractivity contribution in [2.45, 2.75) is 51.5 Å². The second kappa shape index (κ2) is 5.46. The fourth-order valence-electron chi connectivity index (χ4n) is 1.83. The number of nitrogens with one attached hydrogen (secondary N) is 1. The molecule has 0 saturated heterocycles. The lowest BCUT2D eigenvalue weighted by atomic mass is 10.1. The van der Waals surface area contributed by atoms with Crippen LogP contribution in [-0.4, -0.2) is 24.5 Å². The summed E-state index contributed by atoms with van der Waals surface area (Å²) in [5.74, 6) is -2.14. The molecule has 0 aromatic carbocycles. The number of hydrogen-bond acceptors (Lipinski definition) is 1. The van der Waals surface area contributed by atoms with E-state index >= 15 is 0 Å². The van der Waals surface area contributed by atoms with E-state index in [-0.39, 0.29) is 24.8 Å². The predicted molar refractivity (Wildman–Crippen MR) is 61.7 cm³/mol. The number of hydrogen-bond donors (Lipinski definition) is 2. The molecule has 1 saturated carbocycles. The summed E-state index contributed by atoms with van der Waals surface area (Å²) in [6, 6.07) is 0.272. The van der Waals surface area contributed by atoms with Gasteiger partial charge in [0.1, 0.15) is 0 Å². The number of guanidine groups is 1. The number of nitrogens with two attached hydrogens (primary N) is 1. The van der Waals surface area contributed by atoms with Crippen molar-refractivity contribution in [3.05, 3.63) is 0 Å². The van der Waals surface area contributed by atoms with Crippen LogP contribution in [0.1, 0.15) is 39.5 Å². The number of rotatable bonds is 4. The zero-order valence-corrected chi connectivity index (χ0v) is 9.97. The SMILES string of the molecule is CCC(C)NC(N)=NCC1CCC(F)(F)C1. The van der Waals surface area contributed by atoms with Gasteiger partial charge in [-0.25, -0.2) is 8.78 Å². The Labute approximate surface area is 95.5 Å². The molecule has 1 rings (SSSR count). The fourth-order valence-corrected chi connectivity index (χ4v) is 1.83. The minimum atomic E-state index is -2.49. The van der Waals surface area contributed by atoms with E-state index in [0.29, 0.717) is 18.9 Å². The highest BCUT2D eigenvalue weighted by Crippen LogP contribution is 2.38.